The maximum absolute atomic E-state index is 15.8. The van der Waals surface area contributed by atoms with Gasteiger partial charge in [-0.25, -0.2) is 8.78 Å². The molecule has 4 aliphatic carbocycles. The van der Waals surface area contributed by atoms with Crippen LogP contribution in [0.4, 0.5) is 141 Å². The summed E-state index contributed by atoms with van der Waals surface area (Å²) in [4.78, 5) is 1.39. The number of hydrogen-bond acceptors (Lipinski definition) is 4. The van der Waals surface area contributed by atoms with E-state index in [9.17, 15) is 88.1 Å². The first-order valence-corrected chi connectivity index (χ1v) is 11.7. The zero-order chi connectivity index (χ0) is 43.8. The van der Waals surface area contributed by atoms with Crippen molar-refractivity contribution in [1.82, 2.24) is 0 Å². The first-order chi connectivity index (χ1) is 23.0. The third kappa shape index (κ3) is 3.71. The highest BCUT2D eigenvalue weighted by atomic mass is 19.4. The van der Waals surface area contributed by atoms with Crippen LogP contribution in [0.5, 0.6) is 0 Å². The SMILES string of the molecule is FOC(F)(C(F)(F)OC12C(F)(F)C3(F)C(F)(F)C(F)(C1(F)F)C(F)(F)C(OC(F)(F)C(F)(OF)C(F)(F)C(F)(F)F)(C3(F)F)C2(F)F)C(F)(F)C(F)(F)F. The second-order valence-electron chi connectivity index (χ2n) is 10.9. The molecule has 4 aliphatic rings. The van der Waals surface area contributed by atoms with E-state index in [1.165, 1.54) is 9.47 Å². The fourth-order valence-electron chi connectivity index (χ4n) is 5.64. The van der Waals surface area contributed by atoms with Gasteiger partial charge in [-0.2, -0.15) is 123 Å². The van der Waals surface area contributed by atoms with Gasteiger partial charge in [0.15, 0.2) is 0 Å². The maximum Gasteiger partial charge on any atom is 0.460 e. The van der Waals surface area contributed by atoms with Gasteiger partial charge in [-0.1, -0.05) is 0 Å². The molecule has 2 atom stereocenters. The van der Waals surface area contributed by atoms with Crippen LogP contribution in [0.1, 0.15) is 0 Å². The molecule has 0 radical (unpaired) electrons. The number of alkyl halides is 30. The van der Waals surface area contributed by atoms with Gasteiger partial charge >= 0.3 is 95.0 Å². The molecule has 0 N–H and O–H groups in total. The lowest BCUT2D eigenvalue weighted by atomic mass is 9.39. The lowest BCUT2D eigenvalue weighted by molar-refractivity contribution is -0.663. The zero-order valence-electron chi connectivity index (χ0n) is 22.7. The highest BCUT2D eigenvalue weighted by Gasteiger charge is 3.24. The number of rotatable bonds is 10. The molecule has 0 aromatic rings. The van der Waals surface area contributed by atoms with Crippen LogP contribution in [0, 0.1) is 0 Å². The van der Waals surface area contributed by atoms with Crippen LogP contribution in [0.25, 0.3) is 0 Å². The molecule has 0 aliphatic heterocycles. The third-order valence-electron chi connectivity index (χ3n) is 8.29. The van der Waals surface area contributed by atoms with Crippen molar-refractivity contribution < 1.29 is 160 Å². The molecule has 4 nitrogen and oxygen atoms in total. The van der Waals surface area contributed by atoms with Gasteiger partial charge in [0.1, 0.15) is 0 Å². The summed E-state index contributed by atoms with van der Waals surface area (Å²) in [6, 6.07) is 0. The second kappa shape index (κ2) is 10.4. The summed E-state index contributed by atoms with van der Waals surface area (Å²) in [7, 11) is 0. The summed E-state index contributed by atoms with van der Waals surface area (Å²) in [6.07, 6.45) is -35.5. The monoisotopic (exact) mass is 888 g/mol. The van der Waals surface area contributed by atoms with Crippen molar-refractivity contribution in [2.75, 3.05) is 0 Å². The van der Waals surface area contributed by atoms with Gasteiger partial charge in [-0.3, -0.25) is 9.47 Å². The van der Waals surface area contributed by atoms with E-state index < -0.39 is 106 Å². The minimum Gasteiger partial charge on any atom is -0.289 e. The Kier molecular flexibility index (Phi) is 8.83. The van der Waals surface area contributed by atoms with Gasteiger partial charge in [-0.05, 0) is 9.05 Å². The molecule has 54 heavy (non-hydrogen) atoms. The number of halogens is 32. The van der Waals surface area contributed by atoms with E-state index in [0.717, 1.165) is 0 Å². The molecule has 0 amide bonds. The third-order valence-corrected chi connectivity index (χ3v) is 8.29. The zero-order valence-corrected chi connectivity index (χ0v) is 22.7. The maximum atomic E-state index is 15.8. The largest absolute Gasteiger partial charge is 0.460 e. The van der Waals surface area contributed by atoms with E-state index in [-0.39, 0.29) is 0 Å². The Bertz CT molecular complexity index is 1390. The molecular weight excluding hydrogens is 888 g/mol. The molecule has 0 saturated heterocycles. The Morgan fingerprint density at radius 3 is 0.667 bits per heavy atom. The lowest BCUT2D eigenvalue weighted by Crippen LogP contribution is -3.11. The van der Waals surface area contributed by atoms with Gasteiger partial charge < -0.3 is 0 Å². The smallest absolute Gasteiger partial charge is 0.289 e. The Morgan fingerprint density at radius 2 is 0.500 bits per heavy atom. The number of ether oxygens (including phenoxy) is 2. The summed E-state index contributed by atoms with van der Waals surface area (Å²) in [5, 5.41) is 0. The molecule has 4 fully saturated rings. The topological polar surface area (TPSA) is 36.9 Å². The van der Waals surface area contributed by atoms with Crippen molar-refractivity contribution in [3.05, 3.63) is 0 Å². The van der Waals surface area contributed by atoms with E-state index in [1.807, 2.05) is 0 Å². The van der Waals surface area contributed by atoms with Gasteiger partial charge in [0.05, 0.1) is 0 Å². The highest BCUT2D eigenvalue weighted by molar-refractivity contribution is 5.55. The van der Waals surface area contributed by atoms with Crippen molar-refractivity contribution in [3.63, 3.8) is 0 Å². The first-order valence-electron chi connectivity index (χ1n) is 11.7. The summed E-state index contributed by atoms with van der Waals surface area (Å²) in [5.74, 6) is -93.2. The summed E-state index contributed by atoms with van der Waals surface area (Å²) >= 11 is 0. The predicted molar refractivity (Wildman–Crippen MR) is 89.0 cm³/mol. The predicted octanol–water partition coefficient (Wildman–Crippen LogP) is 9.48. The molecule has 320 valence electrons. The minimum absolute atomic E-state index is 0.693. The molecule has 0 heterocycles. The molecule has 0 aromatic heterocycles. The van der Waals surface area contributed by atoms with Crippen molar-refractivity contribution >= 4 is 0 Å². The van der Waals surface area contributed by atoms with Crippen LogP contribution in [-0.4, -0.2) is 106 Å². The van der Waals surface area contributed by atoms with Crippen LogP contribution in [0.2, 0.25) is 0 Å². The molecule has 4 bridgehead atoms. The minimum atomic E-state index is -9.95. The standard InChI is InChI=1S/C18F32O4/c19-1-5(21,22)2(20)8(27,28)3(6(1,23)24,51-17(45,46)13(37,53-49)11(33,34)15(39,40)41)10(31,32)4(7(1,25)26,9(2,29)30)52-18(47,48)14(38,54-50)12(35,36)16(42,43)44. The van der Waals surface area contributed by atoms with E-state index in [1.54, 1.807) is 0 Å². The van der Waals surface area contributed by atoms with Gasteiger partial charge in [0, 0.05) is 0 Å². The van der Waals surface area contributed by atoms with Crippen molar-refractivity contribution in [1.29, 1.82) is 0 Å². The van der Waals surface area contributed by atoms with Crippen LogP contribution < -0.4 is 0 Å². The van der Waals surface area contributed by atoms with E-state index in [0.29, 0.717) is 9.88 Å². The summed E-state index contributed by atoms with van der Waals surface area (Å²) < 4.78 is 458. The fraction of sp³-hybridized carbons (Fsp3) is 1.00. The molecule has 0 spiro atoms. The highest BCUT2D eigenvalue weighted by Crippen LogP contribution is 2.89. The summed E-state index contributed by atoms with van der Waals surface area (Å²) in [6.45, 7) is 0. The molecule has 4 rings (SSSR count). The number of hydrogen-bond donors (Lipinski definition) is 0. The van der Waals surface area contributed by atoms with Crippen molar-refractivity contribution in [2.24, 2.45) is 0 Å². The molecule has 2 unspecified atom stereocenters. The first kappa shape index (κ1) is 46.0. The molecular formula is C18F32O4. The van der Waals surface area contributed by atoms with Gasteiger partial charge in [0.25, 0.3) is 11.2 Å². The van der Waals surface area contributed by atoms with Crippen LogP contribution in [0.15, 0.2) is 0 Å². The Labute approximate surface area is 267 Å². The van der Waals surface area contributed by atoms with E-state index >= 15 is 52.7 Å². The average Bonchev–Trinajstić information content (AvgIpc) is 2.96. The molecule has 36 heteroatoms. The van der Waals surface area contributed by atoms with Crippen LogP contribution in [0.3, 0.4) is 0 Å². The van der Waals surface area contributed by atoms with Crippen molar-refractivity contribution in [2.45, 2.75) is 106 Å². The second-order valence-corrected chi connectivity index (χ2v) is 10.9. The Hall–Kier alpha value is -2.40. The molecule has 0 aromatic carbocycles. The van der Waals surface area contributed by atoms with Crippen LogP contribution >= 0.6 is 0 Å². The van der Waals surface area contributed by atoms with Crippen molar-refractivity contribution in [3.8, 4) is 0 Å². The summed E-state index contributed by atoms with van der Waals surface area (Å²) in [5.41, 5.74) is -38.5. The Balaban J connectivity index is 2.75. The molecule has 4 saturated carbocycles. The van der Waals surface area contributed by atoms with E-state index in [2.05, 4.69) is 0 Å². The Morgan fingerprint density at radius 1 is 0.296 bits per heavy atom. The fourth-order valence-corrected chi connectivity index (χ4v) is 5.64. The van der Waals surface area contributed by atoms with Gasteiger partial charge in [0.2, 0.25) is 0 Å². The normalized spacial score (nSPS) is 36.4. The lowest BCUT2D eigenvalue weighted by Gasteiger charge is -2.76. The average molecular weight is 888 g/mol. The van der Waals surface area contributed by atoms with E-state index in [4.69, 9.17) is 0 Å². The quantitative estimate of drug-likeness (QED) is 0.205. The van der Waals surface area contributed by atoms with Gasteiger partial charge in [-0.15, -0.1) is 9.88 Å². The van der Waals surface area contributed by atoms with Crippen LogP contribution in [-0.2, 0) is 19.4 Å².